The molecule has 0 amide bonds. The highest BCUT2D eigenvalue weighted by Crippen LogP contribution is 2.20. The first kappa shape index (κ1) is 15.9. The van der Waals surface area contributed by atoms with E-state index in [9.17, 15) is 14.1 Å². The molecule has 0 heterocycles. The van der Waals surface area contributed by atoms with Crippen molar-refractivity contribution in [1.82, 2.24) is 0 Å². The van der Waals surface area contributed by atoms with Gasteiger partial charge in [-0.25, -0.2) is 0 Å². The maximum absolute atomic E-state index is 12.2. The molecule has 0 saturated heterocycles. The van der Waals surface area contributed by atoms with Gasteiger partial charge < -0.3 is 5.11 Å². The first-order chi connectivity index (χ1) is 8.79. The van der Waals surface area contributed by atoms with Crippen molar-refractivity contribution in [3.63, 3.8) is 0 Å². The van der Waals surface area contributed by atoms with Gasteiger partial charge in [-0.05, 0) is 23.8 Å². The average molecular weight is 282 g/mol. The van der Waals surface area contributed by atoms with Crippen molar-refractivity contribution in [3.05, 3.63) is 35.9 Å². The van der Waals surface area contributed by atoms with Gasteiger partial charge in [0.25, 0.3) is 0 Å². The van der Waals surface area contributed by atoms with Gasteiger partial charge in [0.2, 0.25) is 0 Å². The number of rotatable bonds is 6. The zero-order valence-corrected chi connectivity index (χ0v) is 12.6. The Labute approximate surface area is 117 Å². The molecule has 0 spiro atoms. The van der Waals surface area contributed by atoms with E-state index in [4.69, 9.17) is 0 Å². The van der Waals surface area contributed by atoms with Crippen LogP contribution in [0.2, 0.25) is 0 Å². The molecular formula is C15H22O3S. The van der Waals surface area contributed by atoms with Crippen LogP contribution in [0, 0.1) is 5.41 Å². The van der Waals surface area contributed by atoms with Crippen molar-refractivity contribution in [2.45, 2.75) is 38.9 Å². The van der Waals surface area contributed by atoms with Gasteiger partial charge in [0.1, 0.15) is 5.25 Å². The molecule has 1 rings (SSSR count). The fourth-order valence-electron chi connectivity index (χ4n) is 1.67. The Morgan fingerprint density at radius 3 is 2.32 bits per heavy atom. The molecule has 106 valence electrons. The number of aliphatic carboxylic acids is 1. The maximum atomic E-state index is 12.2. The number of carbonyl (C=O) groups is 1. The summed E-state index contributed by atoms with van der Waals surface area (Å²) >= 11 is 0. The minimum absolute atomic E-state index is 0.0749. The van der Waals surface area contributed by atoms with E-state index in [0.29, 0.717) is 12.2 Å². The van der Waals surface area contributed by atoms with Crippen LogP contribution in [-0.2, 0) is 22.0 Å². The lowest BCUT2D eigenvalue weighted by Gasteiger charge is -2.19. The van der Waals surface area contributed by atoms with Gasteiger partial charge in [-0.3, -0.25) is 9.00 Å². The zero-order valence-electron chi connectivity index (χ0n) is 11.8. The summed E-state index contributed by atoms with van der Waals surface area (Å²) in [5.41, 5.74) is 0.991. The molecular weight excluding hydrogens is 260 g/mol. The van der Waals surface area contributed by atoms with Gasteiger partial charge in [-0.15, -0.1) is 0 Å². The number of benzene rings is 1. The zero-order chi connectivity index (χ0) is 14.5. The van der Waals surface area contributed by atoms with Gasteiger partial charge in [-0.1, -0.05) is 51.1 Å². The van der Waals surface area contributed by atoms with Crippen LogP contribution in [0.1, 0.15) is 32.8 Å². The lowest BCUT2D eigenvalue weighted by molar-refractivity contribution is -0.136. The van der Waals surface area contributed by atoms with E-state index < -0.39 is 22.0 Å². The molecule has 1 aromatic carbocycles. The number of hydrogen-bond donors (Lipinski definition) is 1. The van der Waals surface area contributed by atoms with E-state index in [-0.39, 0.29) is 5.41 Å². The van der Waals surface area contributed by atoms with Crippen molar-refractivity contribution in [2.24, 2.45) is 5.41 Å². The summed E-state index contributed by atoms with van der Waals surface area (Å²) in [5, 5.41) is 8.43. The fraction of sp³-hybridized carbons (Fsp3) is 0.533. The molecule has 2 atom stereocenters. The second kappa shape index (κ2) is 6.85. The minimum atomic E-state index is -1.33. The summed E-state index contributed by atoms with van der Waals surface area (Å²) in [7, 11) is -1.33. The normalized spacial score (nSPS) is 14.9. The molecule has 0 fully saturated rings. The molecule has 0 saturated carbocycles. The average Bonchev–Trinajstić information content (AvgIpc) is 2.33. The highest BCUT2D eigenvalue weighted by atomic mass is 32.2. The van der Waals surface area contributed by atoms with E-state index in [1.54, 1.807) is 0 Å². The summed E-state index contributed by atoms with van der Waals surface area (Å²) in [6, 6.07) is 9.36. The third-order valence-electron chi connectivity index (χ3n) is 2.91. The summed E-state index contributed by atoms with van der Waals surface area (Å²) in [6.07, 6.45) is 1.09. The highest BCUT2D eigenvalue weighted by molar-refractivity contribution is 7.86. The Morgan fingerprint density at radius 1 is 1.26 bits per heavy atom. The first-order valence-electron chi connectivity index (χ1n) is 6.43. The molecule has 0 aromatic heterocycles. The second-order valence-corrected chi connectivity index (χ2v) is 7.65. The van der Waals surface area contributed by atoms with E-state index in [1.807, 2.05) is 30.3 Å². The van der Waals surface area contributed by atoms with Crippen molar-refractivity contribution >= 4 is 16.8 Å². The van der Waals surface area contributed by atoms with E-state index >= 15 is 0 Å². The van der Waals surface area contributed by atoms with Crippen molar-refractivity contribution in [3.8, 4) is 0 Å². The van der Waals surface area contributed by atoms with Gasteiger partial charge in [0.05, 0.1) is 0 Å². The molecule has 2 unspecified atom stereocenters. The second-order valence-electron chi connectivity index (χ2n) is 5.91. The molecule has 0 aliphatic rings. The van der Waals surface area contributed by atoms with Crippen molar-refractivity contribution < 1.29 is 14.1 Å². The lowest BCUT2D eigenvalue weighted by Crippen LogP contribution is -2.30. The Hall–Kier alpha value is -1.16. The SMILES string of the molecule is CC(C)(C)CCS(=O)C(Cc1ccccc1)C(=O)O. The molecule has 0 radical (unpaired) electrons. The summed E-state index contributed by atoms with van der Waals surface area (Å²) in [4.78, 5) is 11.3. The Bertz CT molecular complexity index is 434. The van der Waals surface area contributed by atoms with Crippen LogP contribution in [0.25, 0.3) is 0 Å². The molecule has 0 aliphatic carbocycles. The minimum Gasteiger partial charge on any atom is -0.480 e. The third-order valence-corrected chi connectivity index (χ3v) is 4.52. The van der Waals surface area contributed by atoms with Crippen molar-refractivity contribution in [2.75, 3.05) is 5.75 Å². The lowest BCUT2D eigenvalue weighted by atomic mass is 9.94. The van der Waals surface area contributed by atoms with Gasteiger partial charge in [0.15, 0.2) is 0 Å². The van der Waals surface area contributed by atoms with E-state index in [0.717, 1.165) is 12.0 Å². The third kappa shape index (κ3) is 6.01. The Kier molecular flexibility index (Phi) is 5.73. The summed E-state index contributed by atoms with van der Waals surface area (Å²) in [6.45, 7) is 6.20. The molecule has 19 heavy (non-hydrogen) atoms. The first-order valence-corrected chi connectivity index (χ1v) is 7.82. The number of hydrogen-bond acceptors (Lipinski definition) is 2. The fourth-order valence-corrected chi connectivity index (χ4v) is 3.37. The summed E-state index contributed by atoms with van der Waals surface area (Å²) < 4.78 is 12.2. The standard InChI is InChI=1S/C15H22O3S/c1-15(2,3)9-10-19(18)13(14(16)17)11-12-7-5-4-6-8-12/h4-8,13H,9-11H2,1-3H3,(H,16,17). The van der Waals surface area contributed by atoms with E-state index in [1.165, 1.54) is 0 Å². The molecule has 3 nitrogen and oxygen atoms in total. The van der Waals surface area contributed by atoms with Crippen molar-refractivity contribution in [1.29, 1.82) is 0 Å². The molecule has 0 bridgehead atoms. The quantitative estimate of drug-likeness (QED) is 0.873. The molecule has 1 aromatic rings. The van der Waals surface area contributed by atoms with Crippen LogP contribution in [0.15, 0.2) is 30.3 Å². The number of carboxylic acids is 1. The smallest absolute Gasteiger partial charge is 0.319 e. The molecule has 4 heteroatoms. The van der Waals surface area contributed by atoms with Crippen LogP contribution in [-0.4, -0.2) is 26.3 Å². The van der Waals surface area contributed by atoms with Crippen LogP contribution in [0.3, 0.4) is 0 Å². The van der Waals surface area contributed by atoms with Crippen LogP contribution in [0.4, 0.5) is 0 Å². The Morgan fingerprint density at radius 2 is 1.84 bits per heavy atom. The Balaban J connectivity index is 2.68. The predicted molar refractivity (Wildman–Crippen MR) is 78.7 cm³/mol. The van der Waals surface area contributed by atoms with Gasteiger partial charge >= 0.3 is 5.97 Å². The highest BCUT2D eigenvalue weighted by Gasteiger charge is 2.26. The monoisotopic (exact) mass is 282 g/mol. The number of carboxylic acid groups (broad SMARTS) is 1. The maximum Gasteiger partial charge on any atom is 0.319 e. The molecule has 0 aliphatic heterocycles. The van der Waals surface area contributed by atoms with E-state index in [2.05, 4.69) is 20.8 Å². The van der Waals surface area contributed by atoms with Crippen LogP contribution < -0.4 is 0 Å². The van der Waals surface area contributed by atoms with Gasteiger partial charge in [-0.2, -0.15) is 0 Å². The topological polar surface area (TPSA) is 54.4 Å². The largest absolute Gasteiger partial charge is 0.480 e. The van der Waals surface area contributed by atoms with Crippen LogP contribution >= 0.6 is 0 Å². The van der Waals surface area contributed by atoms with Crippen LogP contribution in [0.5, 0.6) is 0 Å². The predicted octanol–water partition coefficient (Wildman–Crippen LogP) is 2.87. The summed E-state index contributed by atoms with van der Waals surface area (Å²) in [5.74, 6) is -0.538. The van der Waals surface area contributed by atoms with Gasteiger partial charge in [0, 0.05) is 16.6 Å². The molecule has 1 N–H and O–H groups in total.